The van der Waals surface area contributed by atoms with E-state index in [1.165, 1.54) is 29.8 Å². The Kier molecular flexibility index (Phi) is 4.66. The molecule has 1 aliphatic rings. The molecule has 3 N–H and O–H groups in total. The van der Waals surface area contributed by atoms with Crippen LogP contribution in [0.4, 0.5) is 20.6 Å². The van der Waals surface area contributed by atoms with Crippen LogP contribution in [0.25, 0.3) is 0 Å². The Labute approximate surface area is 140 Å². The van der Waals surface area contributed by atoms with E-state index in [9.17, 15) is 14.3 Å². The molecule has 0 spiro atoms. The number of nitrogens with zero attached hydrogens (tertiary/aromatic N) is 1. The fourth-order valence-electron chi connectivity index (χ4n) is 2.78. The van der Waals surface area contributed by atoms with Crippen LogP contribution in [0.3, 0.4) is 0 Å². The molecule has 5 nitrogen and oxygen atoms in total. The molecule has 2 aromatic carbocycles. The quantitative estimate of drug-likeness (QED) is 0.808. The summed E-state index contributed by atoms with van der Waals surface area (Å²) in [6.07, 6.45) is 0.129. The van der Waals surface area contributed by atoms with Gasteiger partial charge in [0.2, 0.25) is 0 Å². The second kappa shape index (κ2) is 6.88. The van der Waals surface area contributed by atoms with Gasteiger partial charge in [0.05, 0.1) is 6.10 Å². The third kappa shape index (κ3) is 3.65. The van der Waals surface area contributed by atoms with Crippen LogP contribution in [-0.4, -0.2) is 31.3 Å². The van der Waals surface area contributed by atoms with Gasteiger partial charge in [0, 0.05) is 31.5 Å². The molecular formula is C18H20FN3O2. The van der Waals surface area contributed by atoms with Crippen molar-refractivity contribution in [2.24, 2.45) is 0 Å². The minimum absolute atomic E-state index is 0.0440. The Bertz CT molecular complexity index is 734. The molecule has 24 heavy (non-hydrogen) atoms. The number of urea groups is 1. The topological polar surface area (TPSA) is 64.6 Å². The number of aliphatic hydroxyl groups is 1. The lowest BCUT2D eigenvalue weighted by atomic mass is 10.1. The van der Waals surface area contributed by atoms with Crippen LogP contribution < -0.4 is 15.5 Å². The van der Waals surface area contributed by atoms with E-state index in [1.807, 2.05) is 25.2 Å². The Morgan fingerprint density at radius 3 is 2.79 bits per heavy atom. The predicted octanol–water partition coefficient (Wildman–Crippen LogP) is 2.67. The number of hydrogen-bond donors (Lipinski definition) is 3. The largest absolute Gasteiger partial charge is 0.387 e. The summed E-state index contributed by atoms with van der Waals surface area (Å²) in [5.74, 6) is -0.363. The molecule has 0 radical (unpaired) electrons. The molecule has 6 heteroatoms. The van der Waals surface area contributed by atoms with Gasteiger partial charge >= 0.3 is 6.03 Å². The molecule has 2 aromatic rings. The van der Waals surface area contributed by atoms with Gasteiger partial charge in [0.1, 0.15) is 5.82 Å². The number of aliphatic hydroxyl groups excluding tert-OH is 1. The highest BCUT2D eigenvalue weighted by atomic mass is 19.1. The lowest BCUT2D eigenvalue weighted by Crippen LogP contribution is -2.32. The number of halogens is 1. The van der Waals surface area contributed by atoms with Gasteiger partial charge in [0.15, 0.2) is 0 Å². The predicted molar refractivity (Wildman–Crippen MR) is 91.8 cm³/mol. The number of fused-ring (bicyclic) bond motifs is 1. The van der Waals surface area contributed by atoms with Crippen molar-refractivity contribution < 1.29 is 14.3 Å². The van der Waals surface area contributed by atoms with Crippen molar-refractivity contribution in [1.29, 1.82) is 0 Å². The number of likely N-dealkylation sites (N-methyl/N-ethyl adjacent to an activating group) is 1. The number of nitrogens with one attached hydrogen (secondary N) is 2. The van der Waals surface area contributed by atoms with Crippen LogP contribution in [0.5, 0.6) is 0 Å². The van der Waals surface area contributed by atoms with E-state index in [1.54, 1.807) is 0 Å². The second-order valence-corrected chi connectivity index (χ2v) is 5.92. The molecule has 1 unspecified atom stereocenters. The smallest absolute Gasteiger partial charge is 0.319 e. The van der Waals surface area contributed by atoms with Crippen LogP contribution in [0.15, 0.2) is 42.5 Å². The standard InChI is InChI=1S/C18H20FN3O2/c1-22-9-8-12-4-7-15(10-16(12)22)21-18(24)20-11-17(23)13-2-5-14(19)6-3-13/h2-7,10,17,23H,8-9,11H2,1H3,(H2,20,21,24). The first-order chi connectivity index (χ1) is 11.5. The summed E-state index contributed by atoms with van der Waals surface area (Å²) in [6.45, 7) is 1.02. The highest BCUT2D eigenvalue weighted by Crippen LogP contribution is 2.29. The average molecular weight is 329 g/mol. The zero-order chi connectivity index (χ0) is 17.1. The SMILES string of the molecule is CN1CCc2ccc(NC(=O)NCC(O)c3ccc(F)cc3)cc21. The summed E-state index contributed by atoms with van der Waals surface area (Å²) in [7, 11) is 2.02. The molecule has 0 aromatic heterocycles. The van der Waals surface area contributed by atoms with Gasteiger partial charge in [-0.05, 0) is 41.8 Å². The lowest BCUT2D eigenvalue weighted by Gasteiger charge is -2.15. The van der Waals surface area contributed by atoms with Crippen molar-refractivity contribution in [2.45, 2.75) is 12.5 Å². The monoisotopic (exact) mass is 329 g/mol. The number of hydrogen-bond acceptors (Lipinski definition) is 3. The van der Waals surface area contributed by atoms with Crippen LogP contribution in [0, 0.1) is 5.82 Å². The van der Waals surface area contributed by atoms with Crippen LogP contribution in [-0.2, 0) is 6.42 Å². The maximum atomic E-state index is 12.9. The molecule has 1 aliphatic heterocycles. The first-order valence-corrected chi connectivity index (χ1v) is 7.85. The van der Waals surface area contributed by atoms with Gasteiger partial charge < -0.3 is 20.6 Å². The summed E-state index contributed by atoms with van der Waals surface area (Å²) in [5.41, 5.74) is 3.65. The fraction of sp³-hybridized carbons (Fsp3) is 0.278. The zero-order valence-electron chi connectivity index (χ0n) is 13.4. The minimum Gasteiger partial charge on any atom is -0.387 e. The highest BCUT2D eigenvalue weighted by Gasteiger charge is 2.16. The van der Waals surface area contributed by atoms with Crippen molar-refractivity contribution in [2.75, 3.05) is 30.4 Å². The van der Waals surface area contributed by atoms with Gasteiger partial charge in [-0.1, -0.05) is 18.2 Å². The average Bonchev–Trinajstić information content (AvgIpc) is 2.94. The molecule has 0 saturated heterocycles. The third-order valence-corrected chi connectivity index (χ3v) is 4.18. The van der Waals surface area contributed by atoms with E-state index in [-0.39, 0.29) is 12.4 Å². The second-order valence-electron chi connectivity index (χ2n) is 5.92. The number of carbonyl (C=O) groups is 1. The third-order valence-electron chi connectivity index (χ3n) is 4.18. The number of carbonyl (C=O) groups excluding carboxylic acids is 1. The fourth-order valence-corrected chi connectivity index (χ4v) is 2.78. The minimum atomic E-state index is -0.887. The summed E-state index contributed by atoms with van der Waals surface area (Å²) >= 11 is 0. The van der Waals surface area contributed by atoms with Crippen LogP contribution in [0.1, 0.15) is 17.2 Å². The Balaban J connectivity index is 1.54. The molecular weight excluding hydrogens is 309 g/mol. The summed E-state index contributed by atoms with van der Waals surface area (Å²) in [4.78, 5) is 14.1. The first kappa shape index (κ1) is 16.3. The normalized spacial score (nSPS) is 14.2. The summed E-state index contributed by atoms with van der Waals surface area (Å²) in [5, 5.41) is 15.4. The van der Waals surface area contributed by atoms with Crippen molar-refractivity contribution in [3.8, 4) is 0 Å². The molecule has 0 aliphatic carbocycles. The molecule has 0 bridgehead atoms. The molecule has 0 saturated carbocycles. The van der Waals surface area contributed by atoms with E-state index in [0.29, 0.717) is 11.3 Å². The van der Waals surface area contributed by atoms with Crippen molar-refractivity contribution in [3.05, 3.63) is 59.4 Å². The Morgan fingerprint density at radius 1 is 1.29 bits per heavy atom. The number of anilines is 2. The maximum absolute atomic E-state index is 12.9. The van der Waals surface area contributed by atoms with E-state index in [0.717, 1.165) is 18.7 Å². The molecule has 0 fully saturated rings. The highest BCUT2D eigenvalue weighted by molar-refractivity contribution is 5.90. The molecule has 3 rings (SSSR count). The van der Waals surface area contributed by atoms with E-state index in [2.05, 4.69) is 15.5 Å². The number of amides is 2. The molecule has 126 valence electrons. The van der Waals surface area contributed by atoms with Crippen molar-refractivity contribution in [1.82, 2.24) is 5.32 Å². The Hall–Kier alpha value is -2.60. The maximum Gasteiger partial charge on any atom is 0.319 e. The van der Waals surface area contributed by atoms with Crippen molar-refractivity contribution >= 4 is 17.4 Å². The van der Waals surface area contributed by atoms with E-state index >= 15 is 0 Å². The summed E-state index contributed by atoms with van der Waals surface area (Å²) in [6, 6.07) is 11.0. The Morgan fingerprint density at radius 2 is 2.04 bits per heavy atom. The van der Waals surface area contributed by atoms with E-state index < -0.39 is 12.1 Å². The van der Waals surface area contributed by atoms with Gasteiger partial charge in [-0.2, -0.15) is 0 Å². The van der Waals surface area contributed by atoms with Gasteiger partial charge in [-0.3, -0.25) is 0 Å². The van der Waals surface area contributed by atoms with Crippen LogP contribution >= 0.6 is 0 Å². The number of benzene rings is 2. The van der Waals surface area contributed by atoms with Gasteiger partial charge in [-0.25, -0.2) is 9.18 Å². The molecule has 1 heterocycles. The van der Waals surface area contributed by atoms with E-state index in [4.69, 9.17) is 0 Å². The zero-order valence-corrected chi connectivity index (χ0v) is 13.4. The summed E-state index contributed by atoms with van der Waals surface area (Å²) < 4.78 is 12.9. The van der Waals surface area contributed by atoms with Gasteiger partial charge in [0.25, 0.3) is 0 Å². The first-order valence-electron chi connectivity index (χ1n) is 7.85. The number of rotatable bonds is 4. The lowest BCUT2D eigenvalue weighted by molar-refractivity contribution is 0.175. The molecule has 2 amide bonds. The van der Waals surface area contributed by atoms with Gasteiger partial charge in [-0.15, -0.1) is 0 Å². The van der Waals surface area contributed by atoms with Crippen molar-refractivity contribution in [3.63, 3.8) is 0 Å². The van der Waals surface area contributed by atoms with Crippen LogP contribution in [0.2, 0.25) is 0 Å². The molecule has 1 atom stereocenters.